The van der Waals surface area contributed by atoms with Gasteiger partial charge in [0.1, 0.15) is 0 Å². The lowest BCUT2D eigenvalue weighted by Gasteiger charge is -2.36. The van der Waals surface area contributed by atoms with Crippen LogP contribution in [0.15, 0.2) is 24.3 Å². The second-order valence-corrected chi connectivity index (χ2v) is 12.3. The monoisotopic (exact) mass is 304 g/mol. The van der Waals surface area contributed by atoms with Crippen LogP contribution in [-0.2, 0) is 17.5 Å². The lowest BCUT2D eigenvalue weighted by atomic mass is 10.0. The number of hydrogen-bond acceptors (Lipinski definition) is 2. The van der Waals surface area contributed by atoms with Gasteiger partial charge in [0, 0.05) is 0 Å². The molecule has 0 saturated heterocycles. The number of allylic oxidation sites excluding steroid dienone is 1. The summed E-state index contributed by atoms with van der Waals surface area (Å²) in [6.07, 6.45) is 4.07. The lowest BCUT2D eigenvalue weighted by molar-refractivity contribution is 0.276. The minimum Gasteiger partial charge on any atom is -0.413 e. The number of aliphatic hydroxyl groups is 1. The van der Waals surface area contributed by atoms with Crippen molar-refractivity contribution in [3.8, 4) is 0 Å². The maximum Gasteiger partial charge on any atom is 0.192 e. The van der Waals surface area contributed by atoms with E-state index in [2.05, 4.69) is 52.1 Å². The third-order valence-corrected chi connectivity index (χ3v) is 9.41. The summed E-state index contributed by atoms with van der Waals surface area (Å²) in [4.78, 5) is 0. The average Bonchev–Trinajstić information content (AvgIpc) is 2.78. The molecule has 0 radical (unpaired) electrons. The highest BCUT2D eigenvalue weighted by Gasteiger charge is 2.37. The fourth-order valence-electron chi connectivity index (χ4n) is 2.44. The largest absolute Gasteiger partial charge is 0.413 e. The zero-order chi connectivity index (χ0) is 15.7. The predicted molar refractivity (Wildman–Crippen MR) is 91.8 cm³/mol. The highest BCUT2D eigenvalue weighted by Crippen LogP contribution is 2.38. The molecule has 3 heteroatoms. The molecule has 0 unspecified atom stereocenters. The molecule has 1 N–H and O–H groups in total. The van der Waals surface area contributed by atoms with Gasteiger partial charge in [0.05, 0.1) is 13.2 Å². The normalized spacial score (nSPS) is 17.3. The molecule has 0 bridgehead atoms. The summed E-state index contributed by atoms with van der Waals surface area (Å²) < 4.78 is 6.30. The molecule has 1 aliphatic rings. The maximum absolute atomic E-state index is 9.13. The zero-order valence-electron chi connectivity index (χ0n) is 14.0. The zero-order valence-corrected chi connectivity index (χ0v) is 15.0. The standard InChI is InChI=1S/C18H28O2Si/c1-18(2,3)21(4,5)20-13-14-6-7-15-8-9-16(10-11-19)17(15)12-14/h6-7,10,12,19H,8-9,11,13H2,1-5H3/b16-10+. The Kier molecular flexibility index (Phi) is 4.76. The molecule has 1 aromatic carbocycles. The Hall–Kier alpha value is -0.903. The maximum atomic E-state index is 9.13. The number of hydrogen-bond donors (Lipinski definition) is 1. The van der Waals surface area contributed by atoms with Crippen molar-refractivity contribution >= 4 is 13.9 Å². The van der Waals surface area contributed by atoms with E-state index in [0.717, 1.165) is 12.8 Å². The molecule has 0 amide bonds. The molecule has 21 heavy (non-hydrogen) atoms. The molecule has 0 aromatic heterocycles. The highest BCUT2D eigenvalue weighted by atomic mass is 28.4. The smallest absolute Gasteiger partial charge is 0.192 e. The second-order valence-electron chi connectivity index (χ2n) is 7.45. The number of benzene rings is 1. The Morgan fingerprint density at radius 1 is 1.24 bits per heavy atom. The van der Waals surface area contributed by atoms with Gasteiger partial charge in [0.15, 0.2) is 8.32 Å². The van der Waals surface area contributed by atoms with Crippen LogP contribution in [0.3, 0.4) is 0 Å². The van der Waals surface area contributed by atoms with Gasteiger partial charge in [0.25, 0.3) is 0 Å². The third-order valence-electron chi connectivity index (χ3n) is 4.93. The first kappa shape index (κ1) is 16.5. The van der Waals surface area contributed by atoms with Gasteiger partial charge in [-0.25, -0.2) is 0 Å². The number of aryl methyl sites for hydroxylation is 1. The quantitative estimate of drug-likeness (QED) is 0.828. The van der Waals surface area contributed by atoms with E-state index in [1.54, 1.807) is 0 Å². The first-order valence-electron chi connectivity index (χ1n) is 7.80. The van der Waals surface area contributed by atoms with Crippen LogP contribution in [-0.4, -0.2) is 20.0 Å². The van der Waals surface area contributed by atoms with E-state index < -0.39 is 8.32 Å². The van der Waals surface area contributed by atoms with Crippen molar-refractivity contribution in [2.45, 2.75) is 58.4 Å². The highest BCUT2D eigenvalue weighted by molar-refractivity contribution is 6.74. The minimum atomic E-state index is -1.70. The van der Waals surface area contributed by atoms with Gasteiger partial charge in [-0.3, -0.25) is 0 Å². The van der Waals surface area contributed by atoms with Crippen LogP contribution in [0.4, 0.5) is 0 Å². The van der Waals surface area contributed by atoms with Gasteiger partial charge in [-0.15, -0.1) is 0 Å². The minimum absolute atomic E-state index is 0.124. The van der Waals surface area contributed by atoms with Crippen LogP contribution < -0.4 is 0 Å². The lowest BCUT2D eigenvalue weighted by Crippen LogP contribution is -2.40. The number of rotatable bonds is 4. The Morgan fingerprint density at radius 3 is 2.57 bits per heavy atom. The van der Waals surface area contributed by atoms with Crippen LogP contribution in [0, 0.1) is 0 Å². The number of aliphatic hydroxyl groups excluding tert-OH is 1. The fraction of sp³-hybridized carbons (Fsp3) is 0.556. The molecular formula is C18H28O2Si. The molecule has 0 aliphatic heterocycles. The van der Waals surface area contributed by atoms with Crippen molar-refractivity contribution in [1.82, 2.24) is 0 Å². The first-order chi connectivity index (χ1) is 9.74. The van der Waals surface area contributed by atoms with E-state index in [4.69, 9.17) is 9.53 Å². The molecule has 116 valence electrons. The van der Waals surface area contributed by atoms with Gasteiger partial charge in [-0.1, -0.05) is 39.0 Å². The van der Waals surface area contributed by atoms with Gasteiger partial charge in [0.2, 0.25) is 0 Å². The predicted octanol–water partition coefficient (Wildman–Crippen LogP) is 4.53. The summed E-state index contributed by atoms with van der Waals surface area (Å²) in [7, 11) is -1.70. The van der Waals surface area contributed by atoms with Crippen LogP contribution >= 0.6 is 0 Å². The molecule has 0 atom stereocenters. The van der Waals surface area contributed by atoms with Crippen molar-refractivity contribution in [2.75, 3.05) is 6.61 Å². The van der Waals surface area contributed by atoms with Crippen LogP contribution in [0.1, 0.15) is 43.9 Å². The topological polar surface area (TPSA) is 29.5 Å². The van der Waals surface area contributed by atoms with Crippen LogP contribution in [0.5, 0.6) is 0 Å². The second kappa shape index (κ2) is 6.07. The summed E-state index contributed by atoms with van der Waals surface area (Å²) in [5.74, 6) is 0. The van der Waals surface area contributed by atoms with Crippen molar-refractivity contribution in [3.63, 3.8) is 0 Å². The Labute approximate surface area is 130 Å². The Balaban J connectivity index is 2.14. The number of fused-ring (bicyclic) bond motifs is 1. The van der Waals surface area contributed by atoms with Crippen molar-refractivity contribution in [1.29, 1.82) is 0 Å². The van der Waals surface area contributed by atoms with Gasteiger partial charge >= 0.3 is 0 Å². The average molecular weight is 305 g/mol. The van der Waals surface area contributed by atoms with Gasteiger partial charge in [-0.2, -0.15) is 0 Å². The van der Waals surface area contributed by atoms with E-state index in [1.807, 2.05) is 6.08 Å². The molecular weight excluding hydrogens is 276 g/mol. The van der Waals surface area contributed by atoms with Crippen molar-refractivity contribution in [2.24, 2.45) is 0 Å². The van der Waals surface area contributed by atoms with Crippen molar-refractivity contribution in [3.05, 3.63) is 41.0 Å². The summed E-state index contributed by atoms with van der Waals surface area (Å²) in [6, 6.07) is 6.66. The van der Waals surface area contributed by atoms with Crippen molar-refractivity contribution < 1.29 is 9.53 Å². The summed E-state index contributed by atoms with van der Waals surface area (Å²) in [5.41, 5.74) is 5.22. The van der Waals surface area contributed by atoms with Crippen LogP contribution in [0.25, 0.3) is 5.57 Å². The first-order valence-corrected chi connectivity index (χ1v) is 10.7. The van der Waals surface area contributed by atoms with E-state index in [0.29, 0.717) is 6.61 Å². The molecule has 1 aliphatic carbocycles. The Bertz CT molecular complexity index is 539. The van der Waals surface area contributed by atoms with E-state index in [1.165, 1.54) is 22.3 Å². The molecule has 0 heterocycles. The van der Waals surface area contributed by atoms with E-state index >= 15 is 0 Å². The summed E-state index contributed by atoms with van der Waals surface area (Å²) in [5, 5.41) is 9.37. The van der Waals surface area contributed by atoms with Gasteiger partial charge in [-0.05, 0) is 59.3 Å². The molecule has 0 fully saturated rings. The Morgan fingerprint density at radius 2 is 1.95 bits per heavy atom. The van der Waals surface area contributed by atoms with Crippen LogP contribution in [0.2, 0.25) is 18.1 Å². The summed E-state index contributed by atoms with van der Waals surface area (Å²) in [6.45, 7) is 12.2. The SMILES string of the molecule is CC(C)(C)[Si](C)(C)OCc1ccc2c(c1)/C(=C/CO)CC2. The molecule has 1 aromatic rings. The summed E-state index contributed by atoms with van der Waals surface area (Å²) >= 11 is 0. The molecule has 2 nitrogen and oxygen atoms in total. The molecule has 0 spiro atoms. The fourth-order valence-corrected chi connectivity index (χ4v) is 3.40. The molecule has 2 rings (SSSR count). The molecule has 0 saturated carbocycles. The third kappa shape index (κ3) is 3.65. The van der Waals surface area contributed by atoms with E-state index in [-0.39, 0.29) is 11.6 Å². The van der Waals surface area contributed by atoms with Gasteiger partial charge < -0.3 is 9.53 Å². The van der Waals surface area contributed by atoms with E-state index in [9.17, 15) is 0 Å².